The van der Waals surface area contributed by atoms with Gasteiger partial charge in [-0.05, 0) is 37.5 Å². The molecule has 4 heteroatoms. The molecular formula is C12H9Cl2NO. The quantitative estimate of drug-likeness (QED) is 0.751. The largest absolute Gasteiger partial charge is 0.292 e. The van der Waals surface area contributed by atoms with E-state index >= 15 is 0 Å². The Morgan fingerprint density at radius 2 is 2.00 bits per heavy atom. The molecule has 1 aliphatic rings. The van der Waals surface area contributed by atoms with Crippen LogP contribution in [0.15, 0.2) is 18.2 Å². The lowest BCUT2D eigenvalue weighted by Gasteiger charge is -2.33. The Morgan fingerprint density at radius 3 is 2.44 bits per heavy atom. The number of nitrogens with zero attached hydrogens (tertiary/aromatic N) is 1. The third-order valence-corrected chi connectivity index (χ3v) is 3.78. The molecule has 0 aliphatic heterocycles. The highest BCUT2D eigenvalue weighted by molar-refractivity contribution is 6.42. The van der Waals surface area contributed by atoms with Gasteiger partial charge < -0.3 is 0 Å². The fraction of sp³-hybridized carbons (Fsp3) is 0.333. The van der Waals surface area contributed by atoms with Crippen LogP contribution in [0.1, 0.15) is 29.6 Å². The molecule has 1 aliphatic carbocycles. The maximum absolute atomic E-state index is 12.1. The molecule has 2 nitrogen and oxygen atoms in total. The molecule has 1 saturated carbocycles. The second-order valence-corrected chi connectivity index (χ2v) is 4.82. The Labute approximate surface area is 104 Å². The lowest BCUT2D eigenvalue weighted by Crippen LogP contribution is -2.36. The maximum atomic E-state index is 12.1. The number of carbonyl (C=O) groups is 1. The van der Waals surface area contributed by atoms with Crippen LogP contribution in [0.5, 0.6) is 0 Å². The van der Waals surface area contributed by atoms with Crippen molar-refractivity contribution in [1.29, 1.82) is 5.26 Å². The van der Waals surface area contributed by atoms with E-state index in [0.29, 0.717) is 28.5 Å². The van der Waals surface area contributed by atoms with Gasteiger partial charge in [-0.3, -0.25) is 4.79 Å². The number of hydrogen-bond donors (Lipinski definition) is 0. The van der Waals surface area contributed by atoms with Crippen molar-refractivity contribution in [2.45, 2.75) is 19.3 Å². The van der Waals surface area contributed by atoms with E-state index in [1.807, 2.05) is 0 Å². The summed E-state index contributed by atoms with van der Waals surface area (Å²) in [5, 5.41) is 9.82. The van der Waals surface area contributed by atoms with E-state index in [1.165, 1.54) is 6.07 Å². The third-order valence-electron chi connectivity index (χ3n) is 3.04. The first-order valence-electron chi connectivity index (χ1n) is 5.00. The molecule has 0 unspecified atom stereocenters. The van der Waals surface area contributed by atoms with Crippen molar-refractivity contribution in [3.8, 4) is 6.07 Å². The minimum atomic E-state index is -0.822. The van der Waals surface area contributed by atoms with Crippen LogP contribution in [0.25, 0.3) is 0 Å². The van der Waals surface area contributed by atoms with E-state index < -0.39 is 5.41 Å². The first kappa shape index (κ1) is 11.4. The Hall–Kier alpha value is -1.04. The number of Topliss-reactive ketones (excluding diaryl/α,β-unsaturated/α-hetero) is 1. The molecule has 82 valence electrons. The van der Waals surface area contributed by atoms with Gasteiger partial charge >= 0.3 is 0 Å². The van der Waals surface area contributed by atoms with E-state index in [9.17, 15) is 4.79 Å². The van der Waals surface area contributed by atoms with Gasteiger partial charge in [-0.15, -0.1) is 0 Å². The third kappa shape index (κ3) is 1.71. The minimum absolute atomic E-state index is 0.139. The van der Waals surface area contributed by atoms with Gasteiger partial charge in [0.1, 0.15) is 5.41 Å². The molecule has 0 atom stereocenters. The van der Waals surface area contributed by atoms with Gasteiger partial charge in [-0.2, -0.15) is 5.26 Å². The molecule has 0 radical (unpaired) electrons. The van der Waals surface area contributed by atoms with E-state index in [2.05, 4.69) is 6.07 Å². The summed E-state index contributed by atoms with van der Waals surface area (Å²) in [7, 11) is 0. The number of ketones is 1. The van der Waals surface area contributed by atoms with Crippen LogP contribution in [0.3, 0.4) is 0 Å². The average Bonchev–Trinajstić information content (AvgIpc) is 2.21. The van der Waals surface area contributed by atoms with Crippen molar-refractivity contribution in [1.82, 2.24) is 0 Å². The molecule has 0 amide bonds. The Morgan fingerprint density at radius 1 is 1.31 bits per heavy atom. The van der Waals surface area contributed by atoms with Crippen LogP contribution in [0.4, 0.5) is 0 Å². The number of carbonyl (C=O) groups excluding carboxylic acids is 1. The van der Waals surface area contributed by atoms with Gasteiger partial charge in [0.15, 0.2) is 5.78 Å². The van der Waals surface area contributed by atoms with Crippen molar-refractivity contribution < 1.29 is 4.79 Å². The lowest BCUT2D eigenvalue weighted by molar-refractivity contribution is 0.0748. The van der Waals surface area contributed by atoms with Crippen molar-refractivity contribution in [2.24, 2.45) is 5.41 Å². The lowest BCUT2D eigenvalue weighted by atomic mass is 9.66. The summed E-state index contributed by atoms with van der Waals surface area (Å²) in [6.45, 7) is 0. The summed E-state index contributed by atoms with van der Waals surface area (Å²) in [6, 6.07) is 6.86. The number of rotatable bonds is 2. The smallest absolute Gasteiger partial charge is 0.183 e. The van der Waals surface area contributed by atoms with Crippen molar-refractivity contribution in [2.75, 3.05) is 0 Å². The monoisotopic (exact) mass is 253 g/mol. The van der Waals surface area contributed by atoms with Crippen LogP contribution in [-0.2, 0) is 0 Å². The molecule has 0 spiro atoms. The highest BCUT2D eigenvalue weighted by atomic mass is 35.5. The minimum Gasteiger partial charge on any atom is -0.292 e. The van der Waals surface area contributed by atoms with E-state index in [-0.39, 0.29) is 5.78 Å². The molecule has 1 aromatic rings. The number of benzene rings is 1. The first-order valence-corrected chi connectivity index (χ1v) is 5.76. The van der Waals surface area contributed by atoms with Crippen molar-refractivity contribution in [3.63, 3.8) is 0 Å². The standard InChI is InChI=1S/C12H9Cl2NO/c13-9-3-2-8(6-10(9)14)11(16)12(7-15)4-1-5-12/h2-3,6H,1,4-5H2. The molecule has 0 N–H and O–H groups in total. The second-order valence-electron chi connectivity index (χ2n) is 4.01. The Balaban J connectivity index is 2.35. The van der Waals surface area contributed by atoms with E-state index in [4.69, 9.17) is 28.5 Å². The summed E-state index contributed by atoms with van der Waals surface area (Å²) in [4.78, 5) is 12.1. The molecular weight excluding hydrogens is 245 g/mol. The molecule has 0 bridgehead atoms. The van der Waals surface area contributed by atoms with Crippen LogP contribution in [0.2, 0.25) is 10.0 Å². The second kappa shape index (κ2) is 4.08. The van der Waals surface area contributed by atoms with Gasteiger partial charge in [0, 0.05) is 5.56 Å². The van der Waals surface area contributed by atoms with Crippen LogP contribution < -0.4 is 0 Å². The molecule has 1 aromatic carbocycles. The molecule has 0 heterocycles. The summed E-state index contributed by atoms with van der Waals surface area (Å²) < 4.78 is 0. The summed E-state index contributed by atoms with van der Waals surface area (Å²) in [6.07, 6.45) is 2.21. The predicted octanol–water partition coefficient (Wildman–Crippen LogP) is 3.87. The first-order chi connectivity index (χ1) is 7.59. The summed E-state index contributed by atoms with van der Waals surface area (Å²) >= 11 is 11.6. The zero-order valence-electron chi connectivity index (χ0n) is 8.46. The number of nitriles is 1. The highest BCUT2D eigenvalue weighted by Gasteiger charge is 2.44. The van der Waals surface area contributed by atoms with Gasteiger partial charge in [0.25, 0.3) is 0 Å². The van der Waals surface area contributed by atoms with Gasteiger partial charge in [0.05, 0.1) is 16.1 Å². The van der Waals surface area contributed by atoms with Crippen molar-refractivity contribution in [3.05, 3.63) is 33.8 Å². The van der Waals surface area contributed by atoms with Crippen LogP contribution >= 0.6 is 23.2 Å². The predicted molar refractivity (Wildman–Crippen MR) is 62.7 cm³/mol. The maximum Gasteiger partial charge on any atom is 0.183 e. The molecule has 2 rings (SSSR count). The number of hydrogen-bond acceptors (Lipinski definition) is 2. The molecule has 1 fully saturated rings. The van der Waals surface area contributed by atoms with Gasteiger partial charge in [0.2, 0.25) is 0 Å². The summed E-state index contributed by atoms with van der Waals surface area (Å²) in [5.41, 5.74) is -0.354. The van der Waals surface area contributed by atoms with Crippen molar-refractivity contribution >= 4 is 29.0 Å². The van der Waals surface area contributed by atoms with E-state index in [1.54, 1.807) is 12.1 Å². The van der Waals surface area contributed by atoms with Gasteiger partial charge in [-0.25, -0.2) is 0 Å². The number of halogens is 2. The van der Waals surface area contributed by atoms with Crippen LogP contribution in [0, 0.1) is 16.7 Å². The average molecular weight is 254 g/mol. The zero-order valence-corrected chi connectivity index (χ0v) is 9.98. The topological polar surface area (TPSA) is 40.9 Å². The fourth-order valence-electron chi connectivity index (χ4n) is 1.83. The Kier molecular flexibility index (Phi) is 2.92. The SMILES string of the molecule is N#CC1(C(=O)c2ccc(Cl)c(Cl)c2)CCC1. The van der Waals surface area contributed by atoms with E-state index in [0.717, 1.165) is 6.42 Å². The molecule has 16 heavy (non-hydrogen) atoms. The summed E-state index contributed by atoms with van der Waals surface area (Å²) in [5.74, 6) is -0.139. The normalized spacial score (nSPS) is 17.3. The molecule has 0 aromatic heterocycles. The van der Waals surface area contributed by atoms with Gasteiger partial charge in [-0.1, -0.05) is 23.2 Å². The zero-order chi connectivity index (χ0) is 11.8. The van der Waals surface area contributed by atoms with Crippen LogP contribution in [-0.4, -0.2) is 5.78 Å². The highest BCUT2D eigenvalue weighted by Crippen LogP contribution is 2.43. The molecule has 0 saturated heterocycles. The Bertz CT molecular complexity index is 486. The fourth-order valence-corrected chi connectivity index (χ4v) is 2.13.